The predicted molar refractivity (Wildman–Crippen MR) is 156 cm³/mol. The van der Waals surface area contributed by atoms with Gasteiger partial charge in [0.1, 0.15) is 12.3 Å². The van der Waals surface area contributed by atoms with Gasteiger partial charge in [-0.15, -0.1) is 0 Å². The third kappa shape index (κ3) is 6.50. The molecule has 2 amide bonds. The summed E-state index contributed by atoms with van der Waals surface area (Å²) >= 11 is 0. The predicted octanol–water partition coefficient (Wildman–Crippen LogP) is 5.33. The Bertz CT molecular complexity index is 1590. The zero-order valence-corrected chi connectivity index (χ0v) is 23.3. The van der Waals surface area contributed by atoms with Crippen molar-refractivity contribution in [2.75, 3.05) is 23.3 Å². The molecular weight excluding hydrogens is 526 g/mol. The molecule has 0 aliphatic rings. The SMILES string of the molecule is COc1ccc(S(=O)(=O)N(CC(=O)Nc2ccccc2C(=O)NC(C)c2ccccc2)c2ccccc2)cc1C. The molecule has 2 N–H and O–H groups in total. The number of amides is 2. The third-order valence-corrected chi connectivity index (χ3v) is 8.15. The number of hydrogen-bond acceptors (Lipinski definition) is 5. The fraction of sp³-hybridized carbons (Fsp3) is 0.161. The van der Waals surface area contributed by atoms with Crippen LogP contribution in [0.3, 0.4) is 0 Å². The van der Waals surface area contributed by atoms with E-state index >= 15 is 0 Å². The molecule has 9 heteroatoms. The molecule has 206 valence electrons. The molecule has 0 heterocycles. The Labute approximate surface area is 234 Å². The zero-order valence-electron chi connectivity index (χ0n) is 22.5. The van der Waals surface area contributed by atoms with E-state index < -0.39 is 22.5 Å². The molecule has 0 aliphatic carbocycles. The molecule has 4 aromatic rings. The van der Waals surface area contributed by atoms with Crippen LogP contribution in [0.15, 0.2) is 108 Å². The molecule has 0 aromatic heterocycles. The summed E-state index contributed by atoms with van der Waals surface area (Å²) in [5, 5.41) is 5.68. The highest BCUT2D eigenvalue weighted by molar-refractivity contribution is 7.92. The van der Waals surface area contributed by atoms with Crippen molar-refractivity contribution in [1.82, 2.24) is 5.32 Å². The summed E-state index contributed by atoms with van der Waals surface area (Å²) in [7, 11) is -2.61. The molecule has 0 spiro atoms. The first-order chi connectivity index (χ1) is 19.2. The van der Waals surface area contributed by atoms with E-state index in [1.165, 1.54) is 19.2 Å². The molecule has 0 bridgehead atoms. The lowest BCUT2D eigenvalue weighted by Crippen LogP contribution is -2.38. The number of anilines is 2. The summed E-state index contributed by atoms with van der Waals surface area (Å²) in [6.45, 7) is 3.11. The van der Waals surface area contributed by atoms with Gasteiger partial charge in [0.05, 0.1) is 35.0 Å². The van der Waals surface area contributed by atoms with E-state index in [0.29, 0.717) is 17.0 Å². The van der Waals surface area contributed by atoms with Crippen LogP contribution in [0, 0.1) is 6.92 Å². The topological polar surface area (TPSA) is 105 Å². The Morgan fingerprint density at radius 1 is 0.875 bits per heavy atom. The van der Waals surface area contributed by atoms with Crippen LogP contribution < -0.4 is 19.7 Å². The van der Waals surface area contributed by atoms with E-state index in [0.717, 1.165) is 9.87 Å². The van der Waals surface area contributed by atoms with Crippen molar-refractivity contribution < 1.29 is 22.7 Å². The molecule has 1 atom stereocenters. The van der Waals surface area contributed by atoms with Crippen LogP contribution in [0.25, 0.3) is 0 Å². The highest BCUT2D eigenvalue weighted by Gasteiger charge is 2.28. The first kappa shape index (κ1) is 28.4. The number of ether oxygens (including phenoxy) is 1. The Kier molecular flexibility index (Phi) is 8.86. The Morgan fingerprint density at radius 3 is 2.15 bits per heavy atom. The third-order valence-electron chi connectivity index (χ3n) is 6.38. The summed E-state index contributed by atoms with van der Waals surface area (Å²) in [5.74, 6) is -0.415. The smallest absolute Gasteiger partial charge is 0.264 e. The summed E-state index contributed by atoms with van der Waals surface area (Å²) in [6, 6.07) is 28.8. The van der Waals surface area contributed by atoms with E-state index in [2.05, 4.69) is 10.6 Å². The van der Waals surface area contributed by atoms with E-state index in [1.807, 2.05) is 37.3 Å². The number of sulfonamides is 1. The monoisotopic (exact) mass is 557 g/mol. The van der Waals surface area contributed by atoms with Gasteiger partial charge in [0.25, 0.3) is 15.9 Å². The highest BCUT2D eigenvalue weighted by atomic mass is 32.2. The van der Waals surface area contributed by atoms with E-state index in [-0.39, 0.29) is 28.1 Å². The molecule has 0 aliphatic heterocycles. The highest BCUT2D eigenvalue weighted by Crippen LogP contribution is 2.27. The lowest BCUT2D eigenvalue weighted by Gasteiger charge is -2.24. The largest absolute Gasteiger partial charge is 0.496 e. The average molecular weight is 558 g/mol. The van der Waals surface area contributed by atoms with Crippen molar-refractivity contribution in [2.45, 2.75) is 24.8 Å². The van der Waals surface area contributed by atoms with Gasteiger partial charge >= 0.3 is 0 Å². The van der Waals surface area contributed by atoms with Gasteiger partial charge in [-0.3, -0.25) is 13.9 Å². The molecule has 0 saturated heterocycles. The fourth-order valence-electron chi connectivity index (χ4n) is 4.26. The number of methoxy groups -OCH3 is 1. The standard InChI is InChI=1S/C31H31N3O5S/c1-22-20-26(18-19-29(22)39-3)40(37,38)34(25-14-8-5-9-15-25)21-30(35)33-28-17-11-10-16-27(28)31(36)32-23(2)24-12-6-4-7-13-24/h4-20,23H,21H2,1-3H3,(H,32,36)(H,33,35). The molecule has 4 rings (SSSR count). The second kappa shape index (κ2) is 12.5. The summed E-state index contributed by atoms with van der Waals surface area (Å²) in [4.78, 5) is 26.4. The number of nitrogens with one attached hydrogen (secondary N) is 2. The number of carbonyl (C=O) groups excluding carboxylic acids is 2. The molecular formula is C31H31N3O5S. The van der Waals surface area contributed by atoms with Crippen LogP contribution in [-0.2, 0) is 14.8 Å². The van der Waals surface area contributed by atoms with Crippen LogP contribution >= 0.6 is 0 Å². The van der Waals surface area contributed by atoms with Gasteiger partial charge in [0.15, 0.2) is 0 Å². The van der Waals surface area contributed by atoms with Crippen LogP contribution in [0.2, 0.25) is 0 Å². The Hall–Kier alpha value is -4.63. The van der Waals surface area contributed by atoms with Gasteiger partial charge in [-0.05, 0) is 67.4 Å². The molecule has 4 aromatic carbocycles. The fourth-order valence-corrected chi connectivity index (χ4v) is 5.76. The van der Waals surface area contributed by atoms with Crippen molar-refractivity contribution in [2.24, 2.45) is 0 Å². The molecule has 40 heavy (non-hydrogen) atoms. The summed E-state index contributed by atoms with van der Waals surface area (Å²) < 4.78 is 33.8. The number of benzene rings is 4. The number of aryl methyl sites for hydroxylation is 1. The molecule has 0 fully saturated rings. The van der Waals surface area contributed by atoms with Gasteiger partial charge in [-0.2, -0.15) is 0 Å². The molecule has 0 saturated carbocycles. The van der Waals surface area contributed by atoms with Crippen molar-refractivity contribution in [1.29, 1.82) is 0 Å². The lowest BCUT2D eigenvalue weighted by atomic mass is 10.1. The van der Waals surface area contributed by atoms with E-state index in [9.17, 15) is 18.0 Å². The van der Waals surface area contributed by atoms with Crippen LogP contribution in [0.4, 0.5) is 11.4 Å². The van der Waals surface area contributed by atoms with Gasteiger partial charge < -0.3 is 15.4 Å². The van der Waals surface area contributed by atoms with Crippen LogP contribution in [-0.4, -0.2) is 33.9 Å². The number of nitrogens with zero attached hydrogens (tertiary/aromatic N) is 1. The number of carbonyl (C=O) groups is 2. The number of rotatable bonds is 10. The molecule has 1 unspecified atom stereocenters. The van der Waals surface area contributed by atoms with Crippen molar-refractivity contribution in [3.05, 3.63) is 120 Å². The Balaban J connectivity index is 1.58. The van der Waals surface area contributed by atoms with E-state index in [1.54, 1.807) is 67.6 Å². The number of hydrogen-bond donors (Lipinski definition) is 2. The zero-order chi connectivity index (χ0) is 28.7. The second-order valence-corrected chi connectivity index (χ2v) is 11.0. The Morgan fingerprint density at radius 2 is 1.50 bits per heavy atom. The van der Waals surface area contributed by atoms with E-state index in [4.69, 9.17) is 4.74 Å². The van der Waals surface area contributed by atoms with Crippen LogP contribution in [0.5, 0.6) is 5.75 Å². The average Bonchev–Trinajstić information content (AvgIpc) is 2.97. The summed E-state index contributed by atoms with van der Waals surface area (Å²) in [6.07, 6.45) is 0. The van der Waals surface area contributed by atoms with Crippen LogP contribution in [0.1, 0.15) is 34.5 Å². The lowest BCUT2D eigenvalue weighted by molar-refractivity contribution is -0.114. The molecule has 8 nitrogen and oxygen atoms in total. The van der Waals surface area contributed by atoms with Gasteiger partial charge in [-0.25, -0.2) is 8.42 Å². The maximum absolute atomic E-state index is 13.7. The first-order valence-corrected chi connectivity index (χ1v) is 14.1. The van der Waals surface area contributed by atoms with Gasteiger partial charge in [0, 0.05) is 0 Å². The minimum atomic E-state index is -4.12. The van der Waals surface area contributed by atoms with Crippen molar-refractivity contribution in [3.8, 4) is 5.75 Å². The maximum Gasteiger partial charge on any atom is 0.264 e. The maximum atomic E-state index is 13.7. The quantitative estimate of drug-likeness (QED) is 0.274. The van der Waals surface area contributed by atoms with Gasteiger partial charge in [-0.1, -0.05) is 60.7 Å². The second-order valence-electron chi connectivity index (χ2n) is 9.18. The van der Waals surface area contributed by atoms with Crippen molar-refractivity contribution in [3.63, 3.8) is 0 Å². The summed E-state index contributed by atoms with van der Waals surface area (Å²) in [5.41, 5.74) is 2.45. The first-order valence-electron chi connectivity index (χ1n) is 12.7. The van der Waals surface area contributed by atoms with Crippen molar-refractivity contribution >= 4 is 33.2 Å². The van der Waals surface area contributed by atoms with Gasteiger partial charge in [0.2, 0.25) is 5.91 Å². The minimum absolute atomic E-state index is 0.0251. The molecule has 0 radical (unpaired) electrons. The normalized spacial score (nSPS) is 11.8. The minimum Gasteiger partial charge on any atom is -0.496 e. The number of para-hydroxylation sites is 2.